The van der Waals surface area contributed by atoms with Gasteiger partial charge in [0, 0.05) is 10.6 Å². The zero-order valence-corrected chi connectivity index (χ0v) is 12.4. The monoisotopic (exact) mass is 322 g/mol. The van der Waals surface area contributed by atoms with Gasteiger partial charge in [-0.05, 0) is 29.8 Å². The molecule has 2 N–H and O–H groups in total. The van der Waals surface area contributed by atoms with Crippen molar-refractivity contribution in [2.24, 2.45) is 0 Å². The number of alkyl halides is 1. The zero-order chi connectivity index (χ0) is 15.2. The quantitative estimate of drug-likeness (QED) is 0.674. The van der Waals surface area contributed by atoms with Crippen LogP contribution < -0.4 is 10.9 Å². The first-order valence-corrected chi connectivity index (χ1v) is 6.94. The van der Waals surface area contributed by atoms with Crippen molar-refractivity contribution >= 4 is 35.0 Å². The maximum atomic E-state index is 11.9. The van der Waals surface area contributed by atoms with E-state index >= 15 is 0 Å². The maximum Gasteiger partial charge on any atom is 0.269 e. The zero-order valence-electron chi connectivity index (χ0n) is 10.8. The molecule has 1 atom stereocenters. The van der Waals surface area contributed by atoms with Crippen LogP contribution in [0.25, 0.3) is 0 Å². The van der Waals surface area contributed by atoms with Crippen LogP contribution in [-0.4, -0.2) is 11.8 Å². The Labute approximate surface area is 132 Å². The molecule has 2 aromatic rings. The highest BCUT2D eigenvalue weighted by molar-refractivity contribution is 6.31. The van der Waals surface area contributed by atoms with Gasteiger partial charge in [-0.25, -0.2) is 0 Å². The molecule has 108 valence electrons. The minimum atomic E-state index is -0.918. The predicted octanol–water partition coefficient (Wildman–Crippen LogP) is 3.08. The summed E-state index contributed by atoms with van der Waals surface area (Å²) in [7, 11) is 0. The normalized spacial score (nSPS) is 11.5. The molecule has 0 saturated carbocycles. The van der Waals surface area contributed by atoms with Crippen LogP contribution in [0, 0.1) is 0 Å². The molecular formula is C15H12Cl2N2O2. The fourth-order valence-corrected chi connectivity index (χ4v) is 1.95. The molecule has 0 aliphatic carbocycles. The molecule has 0 fully saturated rings. The molecule has 2 amide bonds. The van der Waals surface area contributed by atoms with Gasteiger partial charge in [-0.3, -0.25) is 20.4 Å². The standard InChI is InChI=1S/C15H12Cl2N2O2/c16-12-8-6-10(7-9-12)13(17)15(21)19-18-14(20)11-4-2-1-3-5-11/h1-9,13H,(H,18,20)(H,19,21). The molecule has 0 aliphatic heterocycles. The van der Waals surface area contributed by atoms with Gasteiger partial charge in [0.15, 0.2) is 0 Å². The third kappa shape index (κ3) is 4.21. The van der Waals surface area contributed by atoms with E-state index in [1.54, 1.807) is 54.6 Å². The van der Waals surface area contributed by atoms with Crippen molar-refractivity contribution in [2.45, 2.75) is 5.38 Å². The van der Waals surface area contributed by atoms with Crippen LogP contribution in [0.5, 0.6) is 0 Å². The van der Waals surface area contributed by atoms with E-state index < -0.39 is 17.2 Å². The summed E-state index contributed by atoms with van der Waals surface area (Å²) in [6, 6.07) is 15.1. The van der Waals surface area contributed by atoms with Crippen LogP contribution in [0.15, 0.2) is 54.6 Å². The Bertz CT molecular complexity index is 630. The molecule has 0 aliphatic rings. The molecule has 0 aromatic heterocycles. The van der Waals surface area contributed by atoms with Crippen molar-refractivity contribution < 1.29 is 9.59 Å². The Morgan fingerprint density at radius 2 is 1.52 bits per heavy atom. The van der Waals surface area contributed by atoms with Gasteiger partial charge in [-0.2, -0.15) is 0 Å². The Morgan fingerprint density at radius 3 is 2.14 bits per heavy atom. The van der Waals surface area contributed by atoms with E-state index in [0.29, 0.717) is 16.1 Å². The molecule has 6 heteroatoms. The summed E-state index contributed by atoms with van der Waals surface area (Å²) < 4.78 is 0. The molecule has 2 aromatic carbocycles. The average Bonchev–Trinajstić information content (AvgIpc) is 2.53. The number of amides is 2. The fraction of sp³-hybridized carbons (Fsp3) is 0.0667. The Morgan fingerprint density at radius 1 is 0.905 bits per heavy atom. The maximum absolute atomic E-state index is 11.9. The molecular weight excluding hydrogens is 311 g/mol. The van der Waals surface area contributed by atoms with Gasteiger partial charge < -0.3 is 0 Å². The Hall–Kier alpha value is -2.04. The lowest BCUT2D eigenvalue weighted by Gasteiger charge is -2.12. The van der Waals surface area contributed by atoms with E-state index in [0.717, 1.165) is 0 Å². The van der Waals surface area contributed by atoms with Gasteiger partial charge in [0.05, 0.1) is 0 Å². The smallest absolute Gasteiger partial charge is 0.269 e. The van der Waals surface area contributed by atoms with E-state index in [2.05, 4.69) is 10.9 Å². The van der Waals surface area contributed by atoms with Gasteiger partial charge in [-0.15, -0.1) is 11.6 Å². The topological polar surface area (TPSA) is 58.2 Å². The summed E-state index contributed by atoms with van der Waals surface area (Å²) in [5.41, 5.74) is 5.63. The van der Waals surface area contributed by atoms with E-state index in [-0.39, 0.29) is 0 Å². The number of carbonyl (C=O) groups is 2. The van der Waals surface area contributed by atoms with Crippen LogP contribution in [0.1, 0.15) is 21.3 Å². The number of rotatable bonds is 3. The summed E-state index contributed by atoms with van der Waals surface area (Å²) in [6.07, 6.45) is 0. The number of nitrogens with one attached hydrogen (secondary N) is 2. The number of hydrazine groups is 1. The summed E-state index contributed by atoms with van der Waals surface area (Å²) >= 11 is 11.8. The minimum absolute atomic E-state index is 0.413. The highest BCUT2D eigenvalue weighted by Crippen LogP contribution is 2.22. The van der Waals surface area contributed by atoms with Crippen molar-refractivity contribution in [3.63, 3.8) is 0 Å². The van der Waals surface area contributed by atoms with Crippen molar-refractivity contribution in [1.29, 1.82) is 0 Å². The van der Waals surface area contributed by atoms with Crippen molar-refractivity contribution in [3.05, 3.63) is 70.7 Å². The Kier molecular flexibility index (Phi) is 5.20. The van der Waals surface area contributed by atoms with Gasteiger partial charge in [0.25, 0.3) is 11.8 Å². The minimum Gasteiger partial charge on any atom is -0.271 e. The van der Waals surface area contributed by atoms with Crippen LogP contribution >= 0.6 is 23.2 Å². The summed E-state index contributed by atoms with van der Waals surface area (Å²) in [4.78, 5) is 23.6. The molecule has 0 bridgehead atoms. The molecule has 0 spiro atoms. The highest BCUT2D eigenvalue weighted by atomic mass is 35.5. The third-order valence-electron chi connectivity index (χ3n) is 2.73. The van der Waals surface area contributed by atoms with Crippen molar-refractivity contribution in [3.8, 4) is 0 Å². The third-order valence-corrected chi connectivity index (χ3v) is 3.43. The van der Waals surface area contributed by atoms with E-state index in [1.807, 2.05) is 0 Å². The number of benzene rings is 2. The average molecular weight is 323 g/mol. The number of carbonyl (C=O) groups excluding carboxylic acids is 2. The first-order chi connectivity index (χ1) is 10.1. The molecule has 21 heavy (non-hydrogen) atoms. The second kappa shape index (κ2) is 7.11. The van der Waals surface area contributed by atoms with Gasteiger partial charge in [-0.1, -0.05) is 41.9 Å². The van der Waals surface area contributed by atoms with E-state index in [9.17, 15) is 9.59 Å². The summed E-state index contributed by atoms with van der Waals surface area (Å²) in [6.45, 7) is 0. The predicted molar refractivity (Wildman–Crippen MR) is 82.1 cm³/mol. The lowest BCUT2D eigenvalue weighted by atomic mass is 10.1. The SMILES string of the molecule is O=C(NNC(=O)C(Cl)c1ccc(Cl)cc1)c1ccccc1. The highest BCUT2D eigenvalue weighted by Gasteiger charge is 2.18. The van der Waals surface area contributed by atoms with Crippen LogP contribution in [-0.2, 0) is 4.79 Å². The lowest BCUT2D eigenvalue weighted by molar-refractivity contribution is -0.121. The summed E-state index contributed by atoms with van der Waals surface area (Å²) in [5.74, 6) is -0.938. The van der Waals surface area contributed by atoms with Crippen LogP contribution in [0.2, 0.25) is 5.02 Å². The first-order valence-electron chi connectivity index (χ1n) is 6.12. The molecule has 2 rings (SSSR count). The van der Waals surface area contributed by atoms with Crippen LogP contribution in [0.3, 0.4) is 0 Å². The van der Waals surface area contributed by atoms with Gasteiger partial charge in [0.2, 0.25) is 0 Å². The summed E-state index contributed by atoms with van der Waals surface area (Å²) in [5, 5.41) is -0.362. The second-order valence-electron chi connectivity index (χ2n) is 4.22. The fourth-order valence-electron chi connectivity index (χ4n) is 1.63. The molecule has 0 radical (unpaired) electrons. The van der Waals surface area contributed by atoms with Gasteiger partial charge >= 0.3 is 0 Å². The lowest BCUT2D eigenvalue weighted by Crippen LogP contribution is -2.43. The van der Waals surface area contributed by atoms with Crippen molar-refractivity contribution in [1.82, 2.24) is 10.9 Å². The van der Waals surface area contributed by atoms with E-state index in [4.69, 9.17) is 23.2 Å². The number of hydrogen-bond acceptors (Lipinski definition) is 2. The van der Waals surface area contributed by atoms with Gasteiger partial charge in [0.1, 0.15) is 5.38 Å². The molecule has 1 unspecified atom stereocenters. The first kappa shape index (κ1) is 15.4. The van der Waals surface area contributed by atoms with Crippen molar-refractivity contribution in [2.75, 3.05) is 0 Å². The number of halogens is 2. The molecule has 4 nitrogen and oxygen atoms in total. The van der Waals surface area contributed by atoms with E-state index in [1.165, 1.54) is 0 Å². The number of hydrogen-bond donors (Lipinski definition) is 2. The second-order valence-corrected chi connectivity index (χ2v) is 5.10. The van der Waals surface area contributed by atoms with Crippen LogP contribution in [0.4, 0.5) is 0 Å². The molecule has 0 heterocycles. The molecule has 0 saturated heterocycles. The largest absolute Gasteiger partial charge is 0.271 e. The Balaban J connectivity index is 1.92.